The number of ether oxygens (including phenoxy) is 2. The third-order valence-corrected chi connectivity index (χ3v) is 10.2. The van der Waals surface area contributed by atoms with Gasteiger partial charge in [0.2, 0.25) is 16.0 Å². The Balaban J connectivity index is 1.26. The van der Waals surface area contributed by atoms with Crippen LogP contribution in [0.3, 0.4) is 0 Å². The average Bonchev–Trinajstić information content (AvgIpc) is 3.47. The fourth-order valence-electron chi connectivity index (χ4n) is 6.39. The number of methoxy groups -OCH3 is 1. The molecule has 2 fully saturated rings. The Morgan fingerprint density at radius 3 is 2.57 bits per heavy atom. The van der Waals surface area contributed by atoms with E-state index in [4.69, 9.17) is 14.6 Å². The molecule has 4 aromatic rings. The molecule has 0 atom stereocenters. The minimum absolute atomic E-state index is 0.343. The molecule has 11 nitrogen and oxygen atoms in total. The van der Waals surface area contributed by atoms with E-state index < -0.39 is 15.4 Å². The number of hydrogen-bond acceptors (Lipinski definition) is 9. The van der Waals surface area contributed by atoms with Gasteiger partial charge in [-0.25, -0.2) is 17.9 Å². The molecule has 1 aliphatic carbocycles. The minimum Gasteiger partial charge on any atom is -0.495 e. The zero-order chi connectivity index (χ0) is 30.9. The summed E-state index contributed by atoms with van der Waals surface area (Å²) in [5, 5.41) is 18.4. The van der Waals surface area contributed by atoms with Crippen molar-refractivity contribution >= 4 is 32.9 Å². The molecule has 2 aliphatic rings. The van der Waals surface area contributed by atoms with Crippen LogP contribution in [0, 0.1) is 11.3 Å². The quantitative estimate of drug-likeness (QED) is 0.303. The van der Waals surface area contributed by atoms with Crippen LogP contribution in [-0.2, 0) is 20.2 Å². The van der Waals surface area contributed by atoms with E-state index >= 15 is 0 Å². The van der Waals surface area contributed by atoms with E-state index in [1.807, 2.05) is 42.5 Å². The van der Waals surface area contributed by atoms with Crippen LogP contribution in [0.5, 0.6) is 5.75 Å². The number of morpholine rings is 1. The highest BCUT2D eigenvalue weighted by Crippen LogP contribution is 2.43. The van der Waals surface area contributed by atoms with Crippen LogP contribution in [-0.4, -0.2) is 80.7 Å². The van der Waals surface area contributed by atoms with E-state index in [-0.39, 0.29) is 0 Å². The first kappa shape index (κ1) is 29.9. The normalized spacial score (nSPS) is 21.1. The Morgan fingerprint density at radius 1 is 1.11 bits per heavy atom. The standard InChI is InChI=1S/C32H37N7O4S/c1-37(44(3,40)41)28-7-5-4-6-26(28)29-11-9-25-21-34-31(36-39(25)29)35-27-10-8-23(20-30(27)42-2)32(22-33)14-12-24(13-15-32)38-16-18-43-19-17-38/h4-11,20-21,24H,12-19H2,1-3H3,(H,35,36)/t24-,32-. The van der Waals surface area contributed by atoms with Gasteiger partial charge in [-0.3, -0.25) is 9.21 Å². The minimum atomic E-state index is -3.47. The lowest BCUT2D eigenvalue weighted by atomic mass is 9.69. The fraction of sp³-hybridized carbons (Fsp3) is 0.406. The molecule has 0 radical (unpaired) electrons. The highest BCUT2D eigenvalue weighted by Gasteiger charge is 2.39. The molecule has 1 saturated carbocycles. The molecule has 2 aromatic heterocycles. The maximum atomic E-state index is 12.3. The van der Waals surface area contributed by atoms with Gasteiger partial charge < -0.3 is 14.8 Å². The van der Waals surface area contributed by atoms with E-state index in [0.717, 1.165) is 74.3 Å². The number of sulfonamides is 1. The van der Waals surface area contributed by atoms with Crippen LogP contribution in [0.1, 0.15) is 31.2 Å². The Labute approximate surface area is 258 Å². The van der Waals surface area contributed by atoms with Gasteiger partial charge >= 0.3 is 0 Å². The summed E-state index contributed by atoms with van der Waals surface area (Å²) in [7, 11) is -0.318. The second-order valence-corrected chi connectivity index (χ2v) is 13.5. The van der Waals surface area contributed by atoms with Crippen molar-refractivity contribution in [3.8, 4) is 23.1 Å². The second-order valence-electron chi connectivity index (χ2n) is 11.5. The molecule has 0 bridgehead atoms. The predicted octanol–water partition coefficient (Wildman–Crippen LogP) is 4.58. The van der Waals surface area contributed by atoms with E-state index in [1.165, 1.54) is 17.6 Å². The Bertz CT molecular complexity index is 1800. The predicted molar refractivity (Wildman–Crippen MR) is 170 cm³/mol. The van der Waals surface area contributed by atoms with Gasteiger partial charge in [-0.15, -0.1) is 5.10 Å². The zero-order valence-electron chi connectivity index (χ0n) is 25.2. The van der Waals surface area contributed by atoms with Crippen LogP contribution in [0.15, 0.2) is 60.8 Å². The first-order valence-electron chi connectivity index (χ1n) is 14.8. The van der Waals surface area contributed by atoms with E-state index in [9.17, 15) is 13.7 Å². The number of nitrogens with zero attached hydrogens (tertiary/aromatic N) is 6. The van der Waals surface area contributed by atoms with Crippen LogP contribution < -0.4 is 14.4 Å². The lowest BCUT2D eigenvalue weighted by molar-refractivity contribution is 0.00507. The summed E-state index contributed by atoms with van der Waals surface area (Å²) in [6.45, 7) is 3.48. The van der Waals surface area contributed by atoms with Gasteiger partial charge in [0, 0.05) is 31.7 Å². The molecule has 44 heavy (non-hydrogen) atoms. The fourth-order valence-corrected chi connectivity index (χ4v) is 6.90. The Kier molecular flexibility index (Phi) is 8.20. The first-order chi connectivity index (χ1) is 21.2. The molecule has 12 heteroatoms. The number of aromatic nitrogens is 3. The second kappa shape index (κ2) is 12.1. The van der Waals surface area contributed by atoms with Crippen molar-refractivity contribution in [1.29, 1.82) is 5.26 Å². The summed E-state index contributed by atoms with van der Waals surface area (Å²) in [5.41, 5.74) is 3.82. The monoisotopic (exact) mass is 615 g/mol. The number of nitrogens with one attached hydrogen (secondary N) is 1. The van der Waals surface area contributed by atoms with Crippen LogP contribution in [0.4, 0.5) is 17.3 Å². The molecular weight excluding hydrogens is 578 g/mol. The molecule has 1 N–H and O–H groups in total. The summed E-state index contributed by atoms with van der Waals surface area (Å²) in [6.07, 6.45) is 6.44. The van der Waals surface area contributed by atoms with Crippen molar-refractivity contribution in [1.82, 2.24) is 19.5 Å². The number of fused-ring (bicyclic) bond motifs is 1. The first-order valence-corrected chi connectivity index (χ1v) is 16.6. The molecule has 230 valence electrons. The molecule has 1 saturated heterocycles. The molecule has 0 amide bonds. The zero-order valence-corrected chi connectivity index (χ0v) is 26.0. The molecule has 6 rings (SSSR count). The summed E-state index contributed by atoms with van der Waals surface area (Å²) in [4.78, 5) is 7.01. The van der Waals surface area contributed by atoms with Crippen molar-refractivity contribution in [3.05, 3.63) is 66.4 Å². The smallest absolute Gasteiger partial charge is 0.245 e. The molecule has 0 spiro atoms. The SMILES string of the molecule is COc1cc([C@]2(C#N)CC[C@@H](N3CCOCC3)CC2)ccc1Nc1ncc2ccc(-c3ccccc3N(C)S(C)(=O)=O)n2n1. The average molecular weight is 616 g/mol. The van der Waals surface area contributed by atoms with Gasteiger partial charge in [0.05, 0.1) is 66.8 Å². The maximum Gasteiger partial charge on any atom is 0.245 e. The van der Waals surface area contributed by atoms with Crippen LogP contribution in [0.25, 0.3) is 16.8 Å². The molecule has 2 aromatic carbocycles. The topological polar surface area (TPSA) is 125 Å². The van der Waals surface area contributed by atoms with Crippen molar-refractivity contribution in [2.75, 3.05) is 56.3 Å². The number of rotatable bonds is 8. The van der Waals surface area contributed by atoms with E-state index in [0.29, 0.717) is 29.1 Å². The van der Waals surface area contributed by atoms with Crippen molar-refractivity contribution in [3.63, 3.8) is 0 Å². The largest absolute Gasteiger partial charge is 0.495 e. The van der Waals surface area contributed by atoms with Crippen molar-refractivity contribution in [2.45, 2.75) is 37.1 Å². The van der Waals surface area contributed by atoms with Gasteiger partial charge in [-0.05, 0) is 61.6 Å². The van der Waals surface area contributed by atoms with Gasteiger partial charge in [0.15, 0.2) is 0 Å². The van der Waals surface area contributed by atoms with E-state index in [1.54, 1.807) is 30.0 Å². The van der Waals surface area contributed by atoms with Crippen molar-refractivity contribution < 1.29 is 17.9 Å². The summed E-state index contributed by atoms with van der Waals surface area (Å²) < 4.78 is 39.0. The summed E-state index contributed by atoms with van der Waals surface area (Å²) >= 11 is 0. The number of para-hydroxylation sites is 1. The molecular formula is C32H37N7O4S. The molecule has 3 heterocycles. The molecule has 1 aliphatic heterocycles. The number of anilines is 3. The number of nitriles is 1. The molecule has 0 unspecified atom stereocenters. The lowest BCUT2D eigenvalue weighted by Gasteiger charge is -2.41. The highest BCUT2D eigenvalue weighted by molar-refractivity contribution is 7.92. The number of benzene rings is 2. The van der Waals surface area contributed by atoms with Gasteiger partial charge in [-0.1, -0.05) is 24.3 Å². The van der Waals surface area contributed by atoms with E-state index in [2.05, 4.69) is 21.3 Å². The van der Waals surface area contributed by atoms with Gasteiger partial charge in [0.1, 0.15) is 5.75 Å². The Morgan fingerprint density at radius 2 is 1.86 bits per heavy atom. The van der Waals surface area contributed by atoms with Crippen LogP contribution >= 0.6 is 0 Å². The number of hydrogen-bond donors (Lipinski definition) is 1. The van der Waals surface area contributed by atoms with Crippen molar-refractivity contribution in [2.24, 2.45) is 0 Å². The van der Waals surface area contributed by atoms with Gasteiger partial charge in [-0.2, -0.15) is 5.26 Å². The Hall–Kier alpha value is -4.18. The third-order valence-electron chi connectivity index (χ3n) is 9.00. The highest BCUT2D eigenvalue weighted by atomic mass is 32.2. The summed E-state index contributed by atoms with van der Waals surface area (Å²) in [5.74, 6) is 0.944. The van der Waals surface area contributed by atoms with Crippen LogP contribution in [0.2, 0.25) is 0 Å². The summed E-state index contributed by atoms with van der Waals surface area (Å²) in [6, 6.07) is 20.1. The third kappa shape index (κ3) is 5.70. The van der Waals surface area contributed by atoms with Gasteiger partial charge in [0.25, 0.3) is 0 Å². The lowest BCUT2D eigenvalue weighted by Crippen LogP contribution is -2.47. The maximum absolute atomic E-state index is 12.3.